The maximum absolute atomic E-state index is 12.8. The summed E-state index contributed by atoms with van der Waals surface area (Å²) in [5, 5.41) is 12.4. The molecule has 1 unspecified atom stereocenters. The standard InChI is InChI=1S/C22H21N3O2S/c1-4-16-7-11-18(12-8-16)25-21(27)15(3)28-22(25)19(13-23)20(26)24-17-9-5-14(2)6-10-17/h5-12,15H,4H2,1-3H3,(H,24,26)/b22-19-. The molecule has 2 amide bonds. The Balaban J connectivity index is 1.97. The third-order valence-corrected chi connectivity index (χ3v) is 5.69. The lowest BCUT2D eigenvalue weighted by Crippen LogP contribution is -2.29. The first-order valence-corrected chi connectivity index (χ1v) is 9.94. The number of benzene rings is 2. The van der Waals surface area contributed by atoms with Gasteiger partial charge in [0.05, 0.1) is 5.25 Å². The van der Waals surface area contributed by atoms with Crippen molar-refractivity contribution >= 4 is 35.0 Å². The molecule has 0 aliphatic carbocycles. The van der Waals surface area contributed by atoms with Crippen molar-refractivity contribution < 1.29 is 9.59 Å². The number of aryl methyl sites for hydroxylation is 2. The summed E-state index contributed by atoms with van der Waals surface area (Å²) in [5.74, 6) is -0.661. The van der Waals surface area contributed by atoms with Gasteiger partial charge >= 0.3 is 0 Å². The number of hydrogen-bond donors (Lipinski definition) is 1. The van der Waals surface area contributed by atoms with E-state index < -0.39 is 5.91 Å². The van der Waals surface area contributed by atoms with E-state index >= 15 is 0 Å². The molecule has 1 aliphatic heterocycles. The molecule has 0 spiro atoms. The monoisotopic (exact) mass is 391 g/mol. The summed E-state index contributed by atoms with van der Waals surface area (Å²) in [5.41, 5.74) is 3.42. The number of nitriles is 1. The smallest absolute Gasteiger partial charge is 0.269 e. The zero-order valence-electron chi connectivity index (χ0n) is 16.0. The van der Waals surface area contributed by atoms with Gasteiger partial charge in [0.1, 0.15) is 16.7 Å². The van der Waals surface area contributed by atoms with Crippen LogP contribution in [0.25, 0.3) is 0 Å². The van der Waals surface area contributed by atoms with Gasteiger partial charge in [0.15, 0.2) is 0 Å². The van der Waals surface area contributed by atoms with Crippen LogP contribution in [-0.4, -0.2) is 17.1 Å². The summed E-state index contributed by atoms with van der Waals surface area (Å²) in [4.78, 5) is 27.0. The van der Waals surface area contributed by atoms with Crippen LogP contribution >= 0.6 is 11.8 Å². The zero-order valence-corrected chi connectivity index (χ0v) is 16.8. The van der Waals surface area contributed by atoms with E-state index in [4.69, 9.17) is 0 Å². The van der Waals surface area contributed by atoms with Crippen LogP contribution in [0.3, 0.4) is 0 Å². The average molecular weight is 391 g/mol. The van der Waals surface area contributed by atoms with Crippen molar-refractivity contribution in [2.75, 3.05) is 10.2 Å². The third kappa shape index (κ3) is 3.95. The van der Waals surface area contributed by atoms with Crippen molar-refractivity contribution in [1.82, 2.24) is 0 Å². The summed E-state index contributed by atoms with van der Waals surface area (Å²) in [7, 11) is 0. The lowest BCUT2D eigenvalue weighted by Gasteiger charge is -2.19. The van der Waals surface area contributed by atoms with Crippen molar-refractivity contribution in [2.45, 2.75) is 32.4 Å². The fraction of sp³-hybridized carbons (Fsp3) is 0.227. The van der Waals surface area contributed by atoms with Gasteiger partial charge in [-0.2, -0.15) is 5.26 Å². The van der Waals surface area contributed by atoms with E-state index in [2.05, 4.69) is 12.2 Å². The first kappa shape index (κ1) is 19.7. The molecule has 0 radical (unpaired) electrons. The maximum atomic E-state index is 12.8. The first-order valence-electron chi connectivity index (χ1n) is 9.06. The largest absolute Gasteiger partial charge is 0.321 e. The van der Waals surface area contributed by atoms with E-state index in [1.165, 1.54) is 16.7 Å². The second kappa shape index (κ2) is 8.32. The van der Waals surface area contributed by atoms with Crippen molar-refractivity contribution in [2.24, 2.45) is 0 Å². The Morgan fingerprint density at radius 3 is 2.39 bits per heavy atom. The van der Waals surface area contributed by atoms with E-state index in [1.54, 1.807) is 19.1 Å². The number of nitrogens with zero attached hydrogens (tertiary/aromatic N) is 2. The van der Waals surface area contributed by atoms with Crippen molar-refractivity contribution in [1.29, 1.82) is 5.26 Å². The molecule has 6 heteroatoms. The fourth-order valence-electron chi connectivity index (χ4n) is 2.87. The molecule has 0 bridgehead atoms. The molecule has 0 aromatic heterocycles. The van der Waals surface area contributed by atoms with E-state index in [9.17, 15) is 14.9 Å². The molecule has 2 aromatic rings. The highest BCUT2D eigenvalue weighted by Crippen LogP contribution is 2.40. The van der Waals surface area contributed by atoms with E-state index in [0.717, 1.165) is 17.5 Å². The Bertz CT molecular complexity index is 972. The van der Waals surface area contributed by atoms with Crippen LogP contribution in [0.15, 0.2) is 59.1 Å². The Kier molecular flexibility index (Phi) is 5.86. The Morgan fingerprint density at radius 1 is 1.18 bits per heavy atom. The Hall–Kier alpha value is -3.04. The normalized spacial score (nSPS) is 18.0. The fourth-order valence-corrected chi connectivity index (χ4v) is 3.97. The van der Waals surface area contributed by atoms with Crippen molar-refractivity contribution in [3.63, 3.8) is 0 Å². The zero-order chi connectivity index (χ0) is 20.3. The number of carbonyl (C=O) groups is 2. The third-order valence-electron chi connectivity index (χ3n) is 4.52. The highest BCUT2D eigenvalue weighted by Gasteiger charge is 2.38. The summed E-state index contributed by atoms with van der Waals surface area (Å²) >= 11 is 1.23. The van der Waals surface area contributed by atoms with Gasteiger partial charge < -0.3 is 5.32 Å². The van der Waals surface area contributed by atoms with Crippen LogP contribution < -0.4 is 10.2 Å². The maximum Gasteiger partial charge on any atom is 0.269 e. The molecule has 1 fully saturated rings. The number of nitrogens with one attached hydrogen (secondary N) is 1. The van der Waals surface area contributed by atoms with Gasteiger partial charge in [-0.05, 0) is 50.1 Å². The minimum Gasteiger partial charge on any atom is -0.321 e. The van der Waals surface area contributed by atoms with Crippen LogP contribution in [-0.2, 0) is 16.0 Å². The molecule has 28 heavy (non-hydrogen) atoms. The topological polar surface area (TPSA) is 73.2 Å². The molecule has 1 atom stereocenters. The number of carbonyl (C=O) groups excluding carboxylic acids is 2. The number of rotatable bonds is 4. The summed E-state index contributed by atoms with van der Waals surface area (Å²) in [6.45, 7) is 5.79. The molecule has 3 rings (SSSR count). The van der Waals surface area contributed by atoms with Gasteiger partial charge in [0.25, 0.3) is 5.91 Å². The second-order valence-electron chi connectivity index (χ2n) is 6.57. The number of hydrogen-bond acceptors (Lipinski definition) is 4. The van der Waals surface area contributed by atoms with Crippen LogP contribution in [0.2, 0.25) is 0 Å². The molecule has 5 nitrogen and oxygen atoms in total. The molecular formula is C22H21N3O2S. The van der Waals surface area contributed by atoms with Crippen LogP contribution in [0.1, 0.15) is 25.0 Å². The SMILES string of the molecule is CCc1ccc(N2C(=O)C(C)S/C2=C(/C#N)C(=O)Nc2ccc(C)cc2)cc1. The van der Waals surface area contributed by atoms with E-state index in [1.807, 2.05) is 49.4 Å². The van der Waals surface area contributed by atoms with Crippen LogP contribution in [0, 0.1) is 18.3 Å². The molecule has 142 valence electrons. The minimum absolute atomic E-state index is 0.0668. The van der Waals surface area contributed by atoms with Crippen molar-refractivity contribution in [3.05, 3.63) is 70.3 Å². The molecule has 1 N–H and O–H groups in total. The molecule has 0 saturated carbocycles. The average Bonchev–Trinajstić information content (AvgIpc) is 2.98. The summed E-state index contributed by atoms with van der Waals surface area (Å²) in [6.07, 6.45) is 0.893. The first-order chi connectivity index (χ1) is 13.4. The van der Waals surface area contributed by atoms with Crippen molar-refractivity contribution in [3.8, 4) is 6.07 Å². The van der Waals surface area contributed by atoms with Gasteiger partial charge in [0.2, 0.25) is 5.91 Å². The highest BCUT2D eigenvalue weighted by atomic mass is 32.2. The molecule has 1 aliphatic rings. The number of amides is 2. The quantitative estimate of drug-likeness (QED) is 0.619. The highest BCUT2D eigenvalue weighted by molar-refractivity contribution is 8.05. The predicted molar refractivity (Wildman–Crippen MR) is 113 cm³/mol. The van der Waals surface area contributed by atoms with Crippen LogP contribution in [0.4, 0.5) is 11.4 Å². The van der Waals surface area contributed by atoms with Crippen LogP contribution in [0.5, 0.6) is 0 Å². The summed E-state index contributed by atoms with van der Waals surface area (Å²) < 4.78 is 0. The van der Waals surface area contributed by atoms with Gasteiger partial charge in [0, 0.05) is 11.4 Å². The van der Waals surface area contributed by atoms with Gasteiger partial charge in [-0.1, -0.05) is 48.5 Å². The Labute approximate surface area is 169 Å². The predicted octanol–water partition coefficient (Wildman–Crippen LogP) is 4.40. The lowest BCUT2D eigenvalue weighted by atomic mass is 10.1. The van der Waals surface area contributed by atoms with E-state index in [0.29, 0.717) is 16.4 Å². The molecule has 1 heterocycles. The van der Waals surface area contributed by atoms with Gasteiger partial charge in [-0.15, -0.1) is 0 Å². The Morgan fingerprint density at radius 2 is 1.82 bits per heavy atom. The number of anilines is 2. The summed E-state index contributed by atoms with van der Waals surface area (Å²) in [6, 6.07) is 16.9. The molecular weight excluding hydrogens is 370 g/mol. The second-order valence-corrected chi connectivity index (χ2v) is 7.90. The lowest BCUT2D eigenvalue weighted by molar-refractivity contribution is -0.116. The number of thioether (sulfide) groups is 1. The van der Waals surface area contributed by atoms with Gasteiger partial charge in [-0.3, -0.25) is 14.5 Å². The van der Waals surface area contributed by atoms with Gasteiger partial charge in [-0.25, -0.2) is 0 Å². The minimum atomic E-state index is -0.522. The van der Waals surface area contributed by atoms with E-state index in [-0.39, 0.29) is 16.7 Å². The molecule has 1 saturated heterocycles. The molecule has 2 aromatic carbocycles.